The van der Waals surface area contributed by atoms with Crippen LogP contribution in [0.1, 0.15) is 32.6 Å². The van der Waals surface area contributed by atoms with Crippen LogP contribution < -0.4 is 16.4 Å². The molecule has 2 rings (SSSR count). The van der Waals surface area contributed by atoms with Crippen LogP contribution in [0.15, 0.2) is 41.3 Å². The number of anilines is 1. The smallest absolute Gasteiger partial charge is 0.211 e. The minimum absolute atomic E-state index is 0.199. The van der Waals surface area contributed by atoms with Gasteiger partial charge in [-0.15, -0.1) is 0 Å². The second-order valence-corrected chi connectivity index (χ2v) is 8.65. The summed E-state index contributed by atoms with van der Waals surface area (Å²) in [7, 11) is 0.00387. The van der Waals surface area contributed by atoms with E-state index in [1.54, 1.807) is 18.2 Å². The van der Waals surface area contributed by atoms with Gasteiger partial charge in [0.05, 0.1) is 4.90 Å². The van der Waals surface area contributed by atoms with Gasteiger partial charge in [0.25, 0.3) is 0 Å². The lowest BCUT2D eigenvalue weighted by atomic mass is 10.1. The molecule has 2 aromatic rings. The van der Waals surface area contributed by atoms with Crippen molar-refractivity contribution in [2.45, 2.75) is 42.5 Å². The van der Waals surface area contributed by atoms with E-state index >= 15 is 0 Å². The van der Waals surface area contributed by atoms with E-state index in [2.05, 4.69) is 6.92 Å². The number of hydrogen-bond acceptors (Lipinski definition) is 5. The van der Waals surface area contributed by atoms with Crippen molar-refractivity contribution in [3.05, 3.63) is 36.4 Å². The molecule has 6 heteroatoms. The molecule has 0 aliphatic heterocycles. The third kappa shape index (κ3) is 3.41. The molecule has 0 heterocycles. The molecule has 0 bridgehead atoms. The van der Waals surface area contributed by atoms with Gasteiger partial charge in [-0.3, -0.25) is 0 Å². The van der Waals surface area contributed by atoms with Crippen molar-refractivity contribution in [1.82, 2.24) is 0 Å². The summed E-state index contributed by atoms with van der Waals surface area (Å²) in [4.78, 5) is 0.396. The van der Waals surface area contributed by atoms with Crippen molar-refractivity contribution in [2.75, 3.05) is 19.0 Å². The first kappa shape index (κ1) is 18.7. The number of benzene rings is 2. The second-order valence-electron chi connectivity index (χ2n) is 6.44. The number of nitrogens with zero attached hydrogens (tertiary/aromatic N) is 1. The summed E-state index contributed by atoms with van der Waals surface area (Å²) in [6, 6.07) is 10.9. The van der Waals surface area contributed by atoms with Crippen LogP contribution in [0.2, 0.25) is 0 Å². The van der Waals surface area contributed by atoms with Crippen molar-refractivity contribution in [3.8, 4) is 0 Å². The van der Waals surface area contributed by atoms with Gasteiger partial charge in [0.1, 0.15) is 0 Å². The highest BCUT2D eigenvalue weighted by Gasteiger charge is 2.37. The zero-order valence-electron chi connectivity index (χ0n) is 14.6. The Morgan fingerprint density at radius 1 is 1.00 bits per heavy atom. The molecule has 0 saturated heterocycles. The van der Waals surface area contributed by atoms with Gasteiger partial charge in [-0.1, -0.05) is 44.0 Å². The standard InChI is InChI=1S/C18H27N3O2S/c1-4-5-6-13-18(19,20)24(22,23)17-12-8-9-14-15(17)10-7-11-16(14)21(2)3/h7-12H,4-6,13,19-20H2,1-3H3. The average Bonchev–Trinajstić information content (AvgIpc) is 2.53. The highest BCUT2D eigenvalue weighted by molar-refractivity contribution is 7.93. The van der Waals surface area contributed by atoms with Crippen LogP contribution in [0.3, 0.4) is 0 Å². The number of rotatable bonds is 7. The summed E-state index contributed by atoms with van der Waals surface area (Å²) >= 11 is 0. The predicted molar refractivity (Wildman–Crippen MR) is 101 cm³/mol. The Labute approximate surface area is 144 Å². The molecule has 5 nitrogen and oxygen atoms in total. The Kier molecular flexibility index (Phi) is 5.52. The van der Waals surface area contributed by atoms with Gasteiger partial charge in [0.15, 0.2) is 4.99 Å². The number of sulfone groups is 1. The summed E-state index contributed by atoms with van der Waals surface area (Å²) in [5.41, 5.74) is 13.0. The first-order valence-corrected chi connectivity index (χ1v) is 9.72. The lowest BCUT2D eigenvalue weighted by Crippen LogP contribution is -2.56. The highest BCUT2D eigenvalue weighted by atomic mass is 32.2. The van der Waals surface area contributed by atoms with Gasteiger partial charge in [-0.05, 0) is 25.0 Å². The summed E-state index contributed by atoms with van der Waals surface area (Å²) in [6.45, 7) is 2.05. The van der Waals surface area contributed by atoms with Crippen LogP contribution >= 0.6 is 0 Å². The molecule has 132 valence electrons. The topological polar surface area (TPSA) is 89.4 Å². The van der Waals surface area contributed by atoms with E-state index in [0.29, 0.717) is 11.8 Å². The second kappa shape index (κ2) is 7.09. The van der Waals surface area contributed by atoms with Gasteiger partial charge in [-0.2, -0.15) is 0 Å². The first-order valence-electron chi connectivity index (χ1n) is 8.24. The zero-order valence-corrected chi connectivity index (χ0v) is 15.4. The summed E-state index contributed by atoms with van der Waals surface area (Å²) in [6.07, 6.45) is 2.83. The van der Waals surface area contributed by atoms with Crippen LogP contribution in [0.25, 0.3) is 10.8 Å². The Balaban J connectivity index is 2.57. The number of fused-ring (bicyclic) bond motifs is 1. The van der Waals surface area contributed by atoms with E-state index in [1.165, 1.54) is 0 Å². The summed E-state index contributed by atoms with van der Waals surface area (Å²) < 4.78 is 26.2. The zero-order chi connectivity index (χ0) is 18.0. The van der Waals surface area contributed by atoms with Crippen LogP contribution in [0, 0.1) is 0 Å². The van der Waals surface area contributed by atoms with Crippen LogP contribution in [0.5, 0.6) is 0 Å². The summed E-state index contributed by atoms with van der Waals surface area (Å²) in [5.74, 6) is 0. The minimum Gasteiger partial charge on any atom is -0.377 e. The molecule has 0 spiro atoms. The van der Waals surface area contributed by atoms with Crippen LogP contribution in [-0.4, -0.2) is 27.5 Å². The summed E-state index contributed by atoms with van der Waals surface area (Å²) in [5, 5.41) is 1.52. The Hall–Kier alpha value is -1.63. The van der Waals surface area contributed by atoms with E-state index < -0.39 is 14.8 Å². The molecule has 2 aromatic carbocycles. The van der Waals surface area contributed by atoms with Crippen molar-refractivity contribution in [3.63, 3.8) is 0 Å². The van der Waals surface area contributed by atoms with E-state index in [1.807, 2.05) is 37.2 Å². The Morgan fingerprint density at radius 2 is 1.62 bits per heavy atom. The van der Waals surface area contributed by atoms with Gasteiger partial charge in [0, 0.05) is 30.6 Å². The molecular weight excluding hydrogens is 322 g/mol. The van der Waals surface area contributed by atoms with Crippen molar-refractivity contribution < 1.29 is 8.42 Å². The minimum atomic E-state index is -3.85. The van der Waals surface area contributed by atoms with Crippen LogP contribution in [-0.2, 0) is 9.84 Å². The largest absolute Gasteiger partial charge is 0.377 e. The molecule has 4 N–H and O–H groups in total. The number of nitrogens with two attached hydrogens (primary N) is 2. The normalized spacial score (nSPS) is 12.5. The number of unbranched alkanes of at least 4 members (excludes halogenated alkanes) is 2. The SMILES string of the molecule is CCCCCC(N)(N)S(=O)(=O)c1cccc2c(N(C)C)cccc12. The molecular formula is C18H27N3O2S. The predicted octanol–water partition coefficient (Wildman–Crippen LogP) is 2.83. The van der Waals surface area contributed by atoms with Crippen molar-refractivity contribution in [1.29, 1.82) is 0 Å². The van der Waals surface area contributed by atoms with Gasteiger partial charge in [-0.25, -0.2) is 8.42 Å². The van der Waals surface area contributed by atoms with E-state index in [4.69, 9.17) is 11.5 Å². The molecule has 0 fully saturated rings. The molecule has 0 atom stereocenters. The molecule has 0 aromatic heterocycles. The highest BCUT2D eigenvalue weighted by Crippen LogP contribution is 2.33. The Bertz CT molecular complexity index is 814. The molecule has 24 heavy (non-hydrogen) atoms. The van der Waals surface area contributed by atoms with Gasteiger partial charge < -0.3 is 16.4 Å². The lowest BCUT2D eigenvalue weighted by Gasteiger charge is -2.26. The molecule has 0 amide bonds. The maximum Gasteiger partial charge on any atom is 0.211 e. The van der Waals surface area contributed by atoms with E-state index in [-0.39, 0.29) is 11.3 Å². The monoisotopic (exact) mass is 349 g/mol. The average molecular weight is 350 g/mol. The number of hydrogen-bond donors (Lipinski definition) is 2. The van der Waals surface area contributed by atoms with Gasteiger partial charge in [0.2, 0.25) is 9.84 Å². The Morgan fingerprint density at radius 3 is 2.25 bits per heavy atom. The quantitative estimate of drug-likeness (QED) is 0.592. The van der Waals surface area contributed by atoms with E-state index in [9.17, 15) is 8.42 Å². The third-order valence-electron chi connectivity index (χ3n) is 4.30. The molecule has 0 unspecified atom stereocenters. The fourth-order valence-corrected chi connectivity index (χ4v) is 4.43. The first-order chi connectivity index (χ1) is 11.2. The van der Waals surface area contributed by atoms with Gasteiger partial charge >= 0.3 is 0 Å². The molecule has 0 saturated carbocycles. The fraction of sp³-hybridized carbons (Fsp3) is 0.444. The van der Waals surface area contributed by atoms with E-state index in [0.717, 1.165) is 23.9 Å². The molecule has 0 aliphatic rings. The maximum absolute atomic E-state index is 13.1. The van der Waals surface area contributed by atoms with Crippen molar-refractivity contribution >= 4 is 26.3 Å². The fourth-order valence-electron chi connectivity index (χ4n) is 2.88. The lowest BCUT2D eigenvalue weighted by molar-refractivity contribution is 0.478. The van der Waals surface area contributed by atoms with Crippen LogP contribution in [0.4, 0.5) is 5.69 Å². The molecule has 0 aliphatic carbocycles. The van der Waals surface area contributed by atoms with Crippen molar-refractivity contribution in [2.24, 2.45) is 11.5 Å². The third-order valence-corrected chi connectivity index (χ3v) is 6.44. The molecule has 0 radical (unpaired) electrons. The maximum atomic E-state index is 13.1.